The highest BCUT2D eigenvalue weighted by molar-refractivity contribution is 7.16. The van der Waals surface area contributed by atoms with Gasteiger partial charge in [0.15, 0.2) is 5.82 Å². The summed E-state index contributed by atoms with van der Waals surface area (Å²) in [4.78, 5) is 1.43. The van der Waals surface area contributed by atoms with Crippen LogP contribution in [0, 0.1) is 0 Å². The summed E-state index contributed by atoms with van der Waals surface area (Å²) in [5.74, 6) is 1.64. The van der Waals surface area contributed by atoms with E-state index < -0.39 is 0 Å². The molecular formula is C12H17N5S. The predicted octanol–water partition coefficient (Wildman–Crippen LogP) is 2.05. The molecule has 0 spiro atoms. The number of aryl methyl sites for hydroxylation is 1. The van der Waals surface area contributed by atoms with Crippen molar-refractivity contribution >= 4 is 22.3 Å². The summed E-state index contributed by atoms with van der Waals surface area (Å²) in [6.07, 6.45) is 4.78. The highest BCUT2D eigenvalue weighted by Gasteiger charge is 2.24. The van der Waals surface area contributed by atoms with Gasteiger partial charge >= 0.3 is 0 Å². The Labute approximate surface area is 110 Å². The topological polar surface area (TPSA) is 68.8 Å². The molecule has 0 bridgehead atoms. The molecule has 0 unspecified atom stereocenters. The monoisotopic (exact) mass is 263 g/mol. The largest absolute Gasteiger partial charge is 0.390 e. The number of nitrogens with two attached hydrogens (primary N) is 1. The zero-order valence-electron chi connectivity index (χ0n) is 10.7. The van der Waals surface area contributed by atoms with Gasteiger partial charge in [0.1, 0.15) is 0 Å². The van der Waals surface area contributed by atoms with E-state index in [4.69, 9.17) is 5.73 Å². The molecule has 2 aromatic heterocycles. The summed E-state index contributed by atoms with van der Waals surface area (Å²) >= 11 is 1.71. The Balaban J connectivity index is 2.16. The van der Waals surface area contributed by atoms with Crippen LogP contribution in [-0.2, 0) is 19.9 Å². The quantitative estimate of drug-likeness (QED) is 0.870. The first-order valence-corrected chi connectivity index (χ1v) is 7.01. The molecule has 2 aromatic rings. The van der Waals surface area contributed by atoms with Gasteiger partial charge in [-0.05, 0) is 31.2 Å². The summed E-state index contributed by atoms with van der Waals surface area (Å²) in [5.41, 5.74) is 8.68. The molecular weight excluding hydrogens is 246 g/mol. The molecule has 1 aliphatic carbocycles. The lowest BCUT2D eigenvalue weighted by atomic mass is 9.95. The zero-order chi connectivity index (χ0) is 12.7. The fourth-order valence-corrected chi connectivity index (χ4v) is 3.75. The Kier molecular flexibility index (Phi) is 2.74. The second-order valence-corrected chi connectivity index (χ2v) is 5.74. The van der Waals surface area contributed by atoms with Crippen LogP contribution in [-0.4, -0.2) is 21.8 Å². The second-order valence-electron chi connectivity index (χ2n) is 4.61. The average Bonchev–Trinajstić information content (AvgIpc) is 2.88. The fourth-order valence-electron chi connectivity index (χ4n) is 2.60. The number of aromatic nitrogens is 3. The highest BCUT2D eigenvalue weighted by Crippen LogP contribution is 2.41. The van der Waals surface area contributed by atoms with Gasteiger partial charge in [-0.2, -0.15) is 0 Å². The summed E-state index contributed by atoms with van der Waals surface area (Å²) in [6.45, 7) is 0. The van der Waals surface area contributed by atoms with Crippen LogP contribution in [0.5, 0.6) is 0 Å². The molecule has 3 N–H and O–H groups in total. The normalized spacial score (nSPS) is 14.6. The number of nitrogen functional groups attached to an aromatic ring is 1. The van der Waals surface area contributed by atoms with E-state index >= 15 is 0 Å². The Morgan fingerprint density at radius 2 is 2.06 bits per heavy atom. The third kappa shape index (κ3) is 1.59. The third-order valence-corrected chi connectivity index (χ3v) is 4.64. The lowest BCUT2D eigenvalue weighted by Gasteiger charge is -2.12. The number of nitrogens with zero attached hydrogens (tertiary/aromatic N) is 3. The van der Waals surface area contributed by atoms with Crippen molar-refractivity contribution in [2.24, 2.45) is 7.05 Å². The van der Waals surface area contributed by atoms with Gasteiger partial charge in [-0.25, -0.2) is 0 Å². The first-order valence-electron chi connectivity index (χ1n) is 6.20. The lowest BCUT2D eigenvalue weighted by molar-refractivity contribution is 0.697. The number of nitrogens with one attached hydrogen (secondary N) is 1. The lowest BCUT2D eigenvalue weighted by Crippen LogP contribution is -2.04. The van der Waals surface area contributed by atoms with Crippen LogP contribution in [0.4, 0.5) is 10.9 Å². The van der Waals surface area contributed by atoms with Crippen molar-refractivity contribution in [2.75, 3.05) is 18.1 Å². The van der Waals surface area contributed by atoms with Crippen LogP contribution < -0.4 is 11.1 Å². The zero-order valence-corrected chi connectivity index (χ0v) is 11.5. The molecule has 0 radical (unpaired) electrons. The predicted molar refractivity (Wildman–Crippen MR) is 74.9 cm³/mol. The summed E-state index contributed by atoms with van der Waals surface area (Å²) < 4.78 is 1.97. The first-order chi connectivity index (χ1) is 8.72. The minimum absolute atomic E-state index is 0.764. The van der Waals surface area contributed by atoms with E-state index in [1.807, 2.05) is 18.7 Å². The first kappa shape index (κ1) is 11.5. The number of hydrogen-bond donors (Lipinski definition) is 2. The summed E-state index contributed by atoms with van der Waals surface area (Å²) in [7, 11) is 3.81. The van der Waals surface area contributed by atoms with Crippen LogP contribution >= 0.6 is 11.3 Å². The van der Waals surface area contributed by atoms with E-state index in [1.165, 1.54) is 23.3 Å². The smallest absolute Gasteiger partial charge is 0.224 e. The molecule has 2 heterocycles. The molecule has 0 saturated carbocycles. The molecule has 0 aliphatic heterocycles. The van der Waals surface area contributed by atoms with Crippen molar-refractivity contribution in [3.63, 3.8) is 0 Å². The van der Waals surface area contributed by atoms with Gasteiger partial charge < -0.3 is 11.1 Å². The van der Waals surface area contributed by atoms with E-state index in [2.05, 4.69) is 15.5 Å². The number of hydrogen-bond acceptors (Lipinski definition) is 5. The second kappa shape index (κ2) is 4.28. The Hall–Kier alpha value is -1.56. The number of rotatable bonds is 2. The number of fused-ring (bicyclic) bond motifs is 1. The van der Waals surface area contributed by atoms with E-state index in [1.54, 1.807) is 11.3 Å². The number of anilines is 2. The minimum atomic E-state index is 0.764. The summed E-state index contributed by atoms with van der Waals surface area (Å²) in [6, 6.07) is 0. The minimum Gasteiger partial charge on any atom is -0.390 e. The molecule has 3 rings (SSSR count). The molecule has 1 aliphatic rings. The van der Waals surface area contributed by atoms with Crippen LogP contribution in [0.1, 0.15) is 23.3 Å². The molecule has 96 valence electrons. The van der Waals surface area contributed by atoms with Crippen molar-refractivity contribution in [3.05, 3.63) is 10.4 Å². The molecule has 5 nitrogen and oxygen atoms in total. The third-order valence-electron chi connectivity index (χ3n) is 3.52. The van der Waals surface area contributed by atoms with Crippen molar-refractivity contribution < 1.29 is 0 Å². The SMILES string of the molecule is CNc1nnc(-c2c(N)sc3c2CCCC3)n1C. The fraction of sp³-hybridized carbons (Fsp3) is 0.500. The number of thiophene rings is 1. The molecule has 18 heavy (non-hydrogen) atoms. The average molecular weight is 263 g/mol. The van der Waals surface area contributed by atoms with Crippen molar-refractivity contribution in [1.29, 1.82) is 0 Å². The Bertz CT molecular complexity index is 584. The van der Waals surface area contributed by atoms with E-state index in [0.717, 1.165) is 35.2 Å². The van der Waals surface area contributed by atoms with Crippen LogP contribution in [0.3, 0.4) is 0 Å². The van der Waals surface area contributed by atoms with Gasteiger partial charge in [0.2, 0.25) is 5.95 Å². The van der Waals surface area contributed by atoms with Crippen LogP contribution in [0.15, 0.2) is 0 Å². The highest BCUT2D eigenvalue weighted by atomic mass is 32.1. The van der Waals surface area contributed by atoms with Gasteiger partial charge in [-0.3, -0.25) is 4.57 Å². The maximum atomic E-state index is 6.19. The Morgan fingerprint density at radius 3 is 2.78 bits per heavy atom. The van der Waals surface area contributed by atoms with Crippen molar-refractivity contribution in [2.45, 2.75) is 25.7 Å². The molecule has 0 atom stereocenters. The van der Waals surface area contributed by atoms with Gasteiger partial charge in [0.25, 0.3) is 0 Å². The molecule has 6 heteroatoms. The Morgan fingerprint density at radius 1 is 1.28 bits per heavy atom. The van der Waals surface area contributed by atoms with E-state index in [-0.39, 0.29) is 0 Å². The maximum absolute atomic E-state index is 6.19. The van der Waals surface area contributed by atoms with Gasteiger partial charge in [0, 0.05) is 19.0 Å². The van der Waals surface area contributed by atoms with Crippen molar-refractivity contribution in [3.8, 4) is 11.4 Å². The van der Waals surface area contributed by atoms with Crippen molar-refractivity contribution in [1.82, 2.24) is 14.8 Å². The van der Waals surface area contributed by atoms with Gasteiger partial charge in [-0.15, -0.1) is 21.5 Å². The molecule has 0 aromatic carbocycles. The molecule has 0 fully saturated rings. The maximum Gasteiger partial charge on any atom is 0.224 e. The van der Waals surface area contributed by atoms with Gasteiger partial charge in [0.05, 0.1) is 10.6 Å². The standard InChI is InChI=1S/C12H17N5S/c1-14-12-16-15-11(17(12)2)9-7-5-3-4-6-8(7)18-10(9)13/h3-6,13H2,1-2H3,(H,14,16). The van der Waals surface area contributed by atoms with E-state index in [0.29, 0.717) is 0 Å². The van der Waals surface area contributed by atoms with Crippen LogP contribution in [0.25, 0.3) is 11.4 Å². The van der Waals surface area contributed by atoms with Crippen LogP contribution in [0.2, 0.25) is 0 Å². The van der Waals surface area contributed by atoms with E-state index in [9.17, 15) is 0 Å². The molecule has 0 amide bonds. The van der Waals surface area contributed by atoms with Gasteiger partial charge in [-0.1, -0.05) is 0 Å². The summed E-state index contributed by atoms with van der Waals surface area (Å²) in [5, 5.41) is 12.3. The molecule has 0 saturated heterocycles.